The first kappa shape index (κ1) is 34.0. The smallest absolute Gasteiger partial charge is 0.305 e. The van der Waals surface area contributed by atoms with Crippen molar-refractivity contribution in [1.82, 2.24) is 0 Å². The van der Waals surface area contributed by atoms with Crippen molar-refractivity contribution in [1.29, 1.82) is 0 Å². The molecule has 206 valence electrons. The van der Waals surface area contributed by atoms with Gasteiger partial charge in [-0.25, -0.2) is 0 Å². The molecule has 2 nitrogen and oxygen atoms in total. The second-order valence-corrected chi connectivity index (χ2v) is 10.7. The summed E-state index contributed by atoms with van der Waals surface area (Å²) in [6.07, 6.45) is 37.8. The third kappa shape index (κ3) is 29.1. The van der Waals surface area contributed by atoms with Crippen molar-refractivity contribution >= 4 is 5.97 Å². The molecule has 0 saturated heterocycles. The summed E-state index contributed by atoms with van der Waals surface area (Å²) in [6, 6.07) is 0. The van der Waals surface area contributed by atoms with Gasteiger partial charge in [0, 0.05) is 6.42 Å². The lowest BCUT2D eigenvalue weighted by Crippen LogP contribution is -2.05. The standard InChI is InChI=1S/C33H62O2/c1-4-6-7-8-9-10-11-12-13-14-15-18-21-24-27-30-33(34)35-31-28-25-22-19-16-17-20-23-26-29-32(3)5-2/h9-10,12-13,32H,4-8,11,14-31H2,1-3H3/b10-9-,13-12-. The third-order valence-corrected chi connectivity index (χ3v) is 7.13. The fourth-order valence-electron chi connectivity index (χ4n) is 4.38. The van der Waals surface area contributed by atoms with Gasteiger partial charge in [-0.15, -0.1) is 0 Å². The van der Waals surface area contributed by atoms with Crippen LogP contribution in [0.25, 0.3) is 0 Å². The van der Waals surface area contributed by atoms with E-state index in [4.69, 9.17) is 4.74 Å². The number of hydrogen-bond donors (Lipinski definition) is 0. The van der Waals surface area contributed by atoms with Crippen molar-refractivity contribution in [3.05, 3.63) is 24.3 Å². The molecule has 0 aliphatic heterocycles. The Bertz CT molecular complexity index is 479. The van der Waals surface area contributed by atoms with Gasteiger partial charge in [0.25, 0.3) is 0 Å². The second kappa shape index (κ2) is 29.2. The molecule has 2 heteroatoms. The van der Waals surface area contributed by atoms with Crippen LogP contribution in [0.1, 0.15) is 168 Å². The molecular weight excluding hydrogens is 428 g/mol. The molecule has 0 aliphatic rings. The molecular formula is C33H62O2. The van der Waals surface area contributed by atoms with E-state index < -0.39 is 0 Å². The van der Waals surface area contributed by atoms with Gasteiger partial charge in [0.1, 0.15) is 0 Å². The predicted molar refractivity (Wildman–Crippen MR) is 156 cm³/mol. The summed E-state index contributed by atoms with van der Waals surface area (Å²) in [5, 5.41) is 0. The highest BCUT2D eigenvalue weighted by molar-refractivity contribution is 5.69. The van der Waals surface area contributed by atoms with Crippen LogP contribution in [0.5, 0.6) is 0 Å². The molecule has 0 saturated carbocycles. The topological polar surface area (TPSA) is 26.3 Å². The monoisotopic (exact) mass is 490 g/mol. The molecule has 1 atom stereocenters. The van der Waals surface area contributed by atoms with Gasteiger partial charge in [0.05, 0.1) is 6.61 Å². The van der Waals surface area contributed by atoms with Crippen LogP contribution in [0.2, 0.25) is 0 Å². The molecule has 0 spiro atoms. The highest BCUT2D eigenvalue weighted by Crippen LogP contribution is 2.15. The van der Waals surface area contributed by atoms with Crippen LogP contribution in [0, 0.1) is 5.92 Å². The van der Waals surface area contributed by atoms with E-state index in [1.54, 1.807) is 0 Å². The largest absolute Gasteiger partial charge is 0.466 e. The van der Waals surface area contributed by atoms with Gasteiger partial charge in [-0.05, 0) is 50.9 Å². The van der Waals surface area contributed by atoms with Crippen molar-refractivity contribution < 1.29 is 9.53 Å². The zero-order valence-electron chi connectivity index (χ0n) is 24.2. The quantitative estimate of drug-likeness (QED) is 0.0650. The zero-order chi connectivity index (χ0) is 25.7. The van der Waals surface area contributed by atoms with Gasteiger partial charge in [-0.3, -0.25) is 4.79 Å². The minimum Gasteiger partial charge on any atom is -0.466 e. The van der Waals surface area contributed by atoms with Crippen molar-refractivity contribution in [2.75, 3.05) is 6.61 Å². The Hall–Kier alpha value is -1.05. The van der Waals surface area contributed by atoms with E-state index in [1.807, 2.05) is 0 Å². The van der Waals surface area contributed by atoms with Crippen molar-refractivity contribution in [2.24, 2.45) is 5.92 Å². The summed E-state index contributed by atoms with van der Waals surface area (Å²) in [6.45, 7) is 7.54. The van der Waals surface area contributed by atoms with Gasteiger partial charge in [-0.1, -0.05) is 141 Å². The normalized spacial score (nSPS) is 12.7. The number of hydrogen-bond acceptors (Lipinski definition) is 2. The molecule has 0 fully saturated rings. The second-order valence-electron chi connectivity index (χ2n) is 10.7. The lowest BCUT2D eigenvalue weighted by Gasteiger charge is -2.07. The van der Waals surface area contributed by atoms with Crippen LogP contribution >= 0.6 is 0 Å². The summed E-state index contributed by atoms with van der Waals surface area (Å²) >= 11 is 0. The Kier molecular flexibility index (Phi) is 28.3. The summed E-state index contributed by atoms with van der Waals surface area (Å²) in [5.41, 5.74) is 0. The van der Waals surface area contributed by atoms with Gasteiger partial charge in [-0.2, -0.15) is 0 Å². The maximum atomic E-state index is 11.9. The van der Waals surface area contributed by atoms with E-state index in [0.717, 1.165) is 31.6 Å². The number of carbonyl (C=O) groups excluding carboxylic acids is 1. The van der Waals surface area contributed by atoms with Crippen molar-refractivity contribution in [3.8, 4) is 0 Å². The number of ether oxygens (including phenoxy) is 1. The lowest BCUT2D eigenvalue weighted by atomic mass is 9.99. The minimum absolute atomic E-state index is 0.00748. The first-order chi connectivity index (χ1) is 17.2. The molecule has 0 bridgehead atoms. The Balaban J connectivity index is 3.25. The van der Waals surface area contributed by atoms with Gasteiger partial charge in [0.2, 0.25) is 0 Å². The Labute approximate surface area is 220 Å². The fraction of sp³-hybridized carbons (Fsp3) is 0.848. The molecule has 0 radical (unpaired) electrons. The number of carbonyl (C=O) groups is 1. The SMILES string of the molecule is CCCCC/C=C\C/C=C\CCCCCCCC(=O)OCCCCCCCCCCCC(C)CC. The molecule has 0 amide bonds. The summed E-state index contributed by atoms with van der Waals surface area (Å²) < 4.78 is 5.41. The molecule has 0 aromatic rings. The highest BCUT2D eigenvalue weighted by Gasteiger charge is 2.02. The van der Waals surface area contributed by atoms with Crippen LogP contribution in [-0.4, -0.2) is 12.6 Å². The highest BCUT2D eigenvalue weighted by atomic mass is 16.5. The van der Waals surface area contributed by atoms with Crippen LogP contribution < -0.4 is 0 Å². The molecule has 1 unspecified atom stereocenters. The Morgan fingerprint density at radius 3 is 1.74 bits per heavy atom. The summed E-state index contributed by atoms with van der Waals surface area (Å²) in [7, 11) is 0. The van der Waals surface area contributed by atoms with E-state index in [1.165, 1.54) is 116 Å². The average Bonchev–Trinajstić information content (AvgIpc) is 2.86. The van der Waals surface area contributed by atoms with Gasteiger partial charge < -0.3 is 4.74 Å². The molecule has 0 aromatic heterocycles. The van der Waals surface area contributed by atoms with Crippen LogP contribution in [0.4, 0.5) is 0 Å². The molecule has 0 N–H and O–H groups in total. The molecule has 0 aliphatic carbocycles. The lowest BCUT2D eigenvalue weighted by molar-refractivity contribution is -0.143. The molecule has 0 aromatic carbocycles. The first-order valence-corrected chi connectivity index (χ1v) is 15.7. The van der Waals surface area contributed by atoms with Crippen LogP contribution in [-0.2, 0) is 9.53 Å². The minimum atomic E-state index is 0.00748. The maximum absolute atomic E-state index is 11.9. The number of rotatable bonds is 27. The fourth-order valence-corrected chi connectivity index (χ4v) is 4.38. The number of esters is 1. The van der Waals surface area contributed by atoms with E-state index in [0.29, 0.717) is 13.0 Å². The Morgan fingerprint density at radius 2 is 1.14 bits per heavy atom. The van der Waals surface area contributed by atoms with E-state index >= 15 is 0 Å². The summed E-state index contributed by atoms with van der Waals surface area (Å²) in [5.74, 6) is 0.914. The van der Waals surface area contributed by atoms with E-state index in [-0.39, 0.29) is 5.97 Å². The Morgan fingerprint density at radius 1 is 0.629 bits per heavy atom. The van der Waals surface area contributed by atoms with Crippen molar-refractivity contribution in [3.63, 3.8) is 0 Å². The van der Waals surface area contributed by atoms with Gasteiger partial charge >= 0.3 is 5.97 Å². The predicted octanol–water partition coefficient (Wildman–Crippen LogP) is 11.3. The number of allylic oxidation sites excluding steroid dienone is 4. The first-order valence-electron chi connectivity index (χ1n) is 15.7. The van der Waals surface area contributed by atoms with E-state index in [9.17, 15) is 4.79 Å². The molecule has 0 rings (SSSR count). The van der Waals surface area contributed by atoms with Gasteiger partial charge in [0.15, 0.2) is 0 Å². The van der Waals surface area contributed by atoms with Crippen LogP contribution in [0.15, 0.2) is 24.3 Å². The third-order valence-electron chi connectivity index (χ3n) is 7.13. The van der Waals surface area contributed by atoms with Crippen LogP contribution in [0.3, 0.4) is 0 Å². The maximum Gasteiger partial charge on any atom is 0.305 e. The zero-order valence-corrected chi connectivity index (χ0v) is 24.2. The molecule has 35 heavy (non-hydrogen) atoms. The average molecular weight is 491 g/mol. The van der Waals surface area contributed by atoms with E-state index in [2.05, 4.69) is 45.1 Å². The molecule has 0 heterocycles. The number of unbranched alkanes of at least 4 members (excludes halogenated alkanes) is 16. The summed E-state index contributed by atoms with van der Waals surface area (Å²) in [4.78, 5) is 11.9. The van der Waals surface area contributed by atoms with Crippen molar-refractivity contribution in [2.45, 2.75) is 168 Å².